The van der Waals surface area contributed by atoms with E-state index in [2.05, 4.69) is 20.8 Å². The zero-order valence-corrected chi connectivity index (χ0v) is 12.3. The number of amides is 1. The first kappa shape index (κ1) is 16.9. The zero-order valence-electron chi connectivity index (χ0n) is 12.3. The second-order valence-corrected chi connectivity index (χ2v) is 6.44. The van der Waals surface area contributed by atoms with Gasteiger partial charge in [0.25, 0.3) is 0 Å². The van der Waals surface area contributed by atoms with Crippen molar-refractivity contribution in [2.24, 2.45) is 11.3 Å². The Labute approximate surface area is 110 Å². The van der Waals surface area contributed by atoms with Crippen molar-refractivity contribution in [2.45, 2.75) is 53.9 Å². The summed E-state index contributed by atoms with van der Waals surface area (Å²) in [5.41, 5.74) is 0.131. The van der Waals surface area contributed by atoms with E-state index in [0.717, 1.165) is 6.42 Å². The summed E-state index contributed by atoms with van der Waals surface area (Å²) in [6.45, 7) is 11.3. The minimum Gasteiger partial charge on any atom is -0.481 e. The highest BCUT2D eigenvalue weighted by Gasteiger charge is 2.19. The third-order valence-electron chi connectivity index (χ3n) is 2.62. The number of carboxylic acid groups (broad SMARTS) is 1. The number of nitrogens with zero attached hydrogens (tertiary/aromatic N) is 1. The van der Waals surface area contributed by atoms with Gasteiger partial charge in [-0.3, -0.25) is 9.59 Å². The van der Waals surface area contributed by atoms with E-state index >= 15 is 0 Å². The Kier molecular flexibility index (Phi) is 6.96. The Morgan fingerprint density at radius 2 is 1.72 bits per heavy atom. The number of carbonyl (C=O) groups excluding carboxylic acids is 1. The SMILES string of the molecule is CC(C)CN(CCC(=O)O)C(=O)CCC(C)(C)C. The summed E-state index contributed by atoms with van der Waals surface area (Å²) < 4.78 is 0. The van der Waals surface area contributed by atoms with E-state index in [4.69, 9.17) is 5.11 Å². The van der Waals surface area contributed by atoms with E-state index in [1.165, 1.54) is 0 Å². The van der Waals surface area contributed by atoms with Gasteiger partial charge >= 0.3 is 5.97 Å². The normalized spacial score (nSPS) is 11.7. The minimum atomic E-state index is -0.854. The predicted octanol–water partition coefficient (Wildman–Crippen LogP) is 2.77. The van der Waals surface area contributed by atoms with Gasteiger partial charge in [-0.1, -0.05) is 34.6 Å². The lowest BCUT2D eigenvalue weighted by Crippen LogP contribution is -2.36. The van der Waals surface area contributed by atoms with Gasteiger partial charge in [-0.25, -0.2) is 0 Å². The summed E-state index contributed by atoms with van der Waals surface area (Å²) in [6.07, 6.45) is 1.34. The van der Waals surface area contributed by atoms with Crippen LogP contribution in [0.3, 0.4) is 0 Å². The summed E-state index contributed by atoms with van der Waals surface area (Å²) in [7, 11) is 0. The molecule has 0 saturated carbocycles. The van der Waals surface area contributed by atoms with E-state index in [1.54, 1.807) is 4.90 Å². The van der Waals surface area contributed by atoms with Crippen LogP contribution >= 0.6 is 0 Å². The molecule has 1 N–H and O–H groups in total. The molecule has 0 radical (unpaired) electrons. The minimum absolute atomic E-state index is 0.0218. The fraction of sp³-hybridized carbons (Fsp3) is 0.857. The zero-order chi connectivity index (χ0) is 14.3. The molecule has 0 aliphatic heterocycles. The van der Waals surface area contributed by atoms with Crippen molar-refractivity contribution >= 4 is 11.9 Å². The van der Waals surface area contributed by atoms with Crippen LogP contribution in [0.4, 0.5) is 0 Å². The van der Waals surface area contributed by atoms with Crippen LogP contribution in [-0.2, 0) is 9.59 Å². The molecule has 0 aromatic rings. The highest BCUT2D eigenvalue weighted by molar-refractivity contribution is 5.77. The molecule has 1 amide bonds. The first-order valence-corrected chi connectivity index (χ1v) is 6.61. The second kappa shape index (κ2) is 7.39. The van der Waals surface area contributed by atoms with Gasteiger partial charge in [0, 0.05) is 19.5 Å². The van der Waals surface area contributed by atoms with E-state index in [1.807, 2.05) is 13.8 Å². The Morgan fingerprint density at radius 3 is 2.11 bits per heavy atom. The molecule has 0 aromatic heterocycles. The van der Waals surface area contributed by atoms with Gasteiger partial charge in [-0.2, -0.15) is 0 Å². The lowest BCUT2D eigenvalue weighted by Gasteiger charge is -2.26. The summed E-state index contributed by atoms with van der Waals surface area (Å²) in [4.78, 5) is 24.3. The van der Waals surface area contributed by atoms with Crippen molar-refractivity contribution in [3.63, 3.8) is 0 Å². The molecule has 0 aromatic carbocycles. The maximum atomic E-state index is 12.1. The summed E-state index contributed by atoms with van der Waals surface area (Å²) in [6, 6.07) is 0. The van der Waals surface area contributed by atoms with Crippen LogP contribution in [0.2, 0.25) is 0 Å². The molecule has 0 rings (SSSR count). The van der Waals surface area contributed by atoms with Crippen molar-refractivity contribution in [3.8, 4) is 0 Å². The number of aliphatic carboxylic acids is 1. The molecular weight excluding hydrogens is 230 g/mol. The number of hydrogen-bond acceptors (Lipinski definition) is 2. The molecule has 0 aliphatic carbocycles. The maximum Gasteiger partial charge on any atom is 0.305 e. The molecule has 0 saturated heterocycles. The Balaban J connectivity index is 4.35. The molecule has 0 bridgehead atoms. The fourth-order valence-electron chi connectivity index (χ4n) is 1.63. The Morgan fingerprint density at radius 1 is 1.17 bits per heavy atom. The van der Waals surface area contributed by atoms with Crippen molar-refractivity contribution in [1.82, 2.24) is 4.90 Å². The first-order valence-electron chi connectivity index (χ1n) is 6.61. The standard InChI is InChI=1S/C14H27NO3/c1-11(2)10-15(9-7-13(17)18)12(16)6-8-14(3,4)5/h11H,6-10H2,1-5H3,(H,17,18). The summed E-state index contributed by atoms with van der Waals surface area (Å²) in [5, 5.41) is 8.70. The van der Waals surface area contributed by atoms with Gasteiger partial charge in [-0.15, -0.1) is 0 Å². The maximum absolute atomic E-state index is 12.1. The van der Waals surface area contributed by atoms with E-state index < -0.39 is 5.97 Å². The predicted molar refractivity (Wildman–Crippen MR) is 72.4 cm³/mol. The summed E-state index contributed by atoms with van der Waals surface area (Å²) in [5.74, 6) is -0.426. The van der Waals surface area contributed by atoms with E-state index in [-0.39, 0.29) is 17.7 Å². The highest BCUT2D eigenvalue weighted by Crippen LogP contribution is 2.21. The smallest absolute Gasteiger partial charge is 0.305 e. The van der Waals surface area contributed by atoms with Crippen LogP contribution < -0.4 is 0 Å². The lowest BCUT2D eigenvalue weighted by molar-refractivity contribution is -0.138. The molecule has 0 fully saturated rings. The monoisotopic (exact) mass is 257 g/mol. The van der Waals surface area contributed by atoms with Gasteiger partial charge < -0.3 is 10.0 Å². The van der Waals surface area contributed by atoms with Crippen LogP contribution in [-0.4, -0.2) is 35.0 Å². The lowest BCUT2D eigenvalue weighted by atomic mass is 9.90. The van der Waals surface area contributed by atoms with Gasteiger partial charge in [0.1, 0.15) is 0 Å². The van der Waals surface area contributed by atoms with Gasteiger partial charge in [0.05, 0.1) is 6.42 Å². The largest absolute Gasteiger partial charge is 0.481 e. The molecular formula is C14H27NO3. The van der Waals surface area contributed by atoms with Crippen molar-refractivity contribution in [1.29, 1.82) is 0 Å². The van der Waals surface area contributed by atoms with Crippen LogP contribution in [0.1, 0.15) is 53.9 Å². The van der Waals surface area contributed by atoms with Crippen LogP contribution in [0.15, 0.2) is 0 Å². The molecule has 18 heavy (non-hydrogen) atoms. The molecule has 0 aliphatic rings. The molecule has 0 heterocycles. The molecule has 0 spiro atoms. The number of carboxylic acids is 1. The van der Waals surface area contributed by atoms with Crippen molar-refractivity contribution in [2.75, 3.05) is 13.1 Å². The van der Waals surface area contributed by atoms with Crippen LogP contribution in [0, 0.1) is 11.3 Å². The third-order valence-corrected chi connectivity index (χ3v) is 2.62. The fourth-order valence-corrected chi connectivity index (χ4v) is 1.63. The van der Waals surface area contributed by atoms with Gasteiger partial charge in [0.15, 0.2) is 0 Å². The van der Waals surface area contributed by atoms with Crippen molar-refractivity contribution in [3.05, 3.63) is 0 Å². The Hall–Kier alpha value is -1.06. The first-order chi connectivity index (χ1) is 8.11. The molecule has 0 unspecified atom stereocenters. The number of carbonyl (C=O) groups is 2. The van der Waals surface area contributed by atoms with E-state index in [0.29, 0.717) is 25.4 Å². The highest BCUT2D eigenvalue weighted by atomic mass is 16.4. The number of hydrogen-bond donors (Lipinski definition) is 1. The molecule has 4 heteroatoms. The average molecular weight is 257 g/mol. The molecule has 106 valence electrons. The third kappa shape index (κ3) is 9.02. The topological polar surface area (TPSA) is 57.6 Å². The Bertz CT molecular complexity index is 279. The quantitative estimate of drug-likeness (QED) is 0.763. The van der Waals surface area contributed by atoms with Crippen LogP contribution in [0.5, 0.6) is 0 Å². The molecule has 0 atom stereocenters. The second-order valence-electron chi connectivity index (χ2n) is 6.44. The molecule has 4 nitrogen and oxygen atoms in total. The van der Waals surface area contributed by atoms with E-state index in [9.17, 15) is 9.59 Å². The van der Waals surface area contributed by atoms with Crippen LogP contribution in [0.25, 0.3) is 0 Å². The van der Waals surface area contributed by atoms with Gasteiger partial charge in [0.2, 0.25) is 5.91 Å². The number of rotatable bonds is 7. The van der Waals surface area contributed by atoms with Gasteiger partial charge in [-0.05, 0) is 17.8 Å². The average Bonchev–Trinajstić information content (AvgIpc) is 2.19. The van der Waals surface area contributed by atoms with Crippen molar-refractivity contribution < 1.29 is 14.7 Å². The summed E-state index contributed by atoms with van der Waals surface area (Å²) >= 11 is 0.